The van der Waals surface area contributed by atoms with Gasteiger partial charge in [-0.15, -0.1) is 0 Å². The van der Waals surface area contributed by atoms with Crippen LogP contribution in [-0.2, 0) is 0 Å². The van der Waals surface area contributed by atoms with Gasteiger partial charge < -0.3 is 10.2 Å². The van der Waals surface area contributed by atoms with E-state index in [9.17, 15) is 19.0 Å². The van der Waals surface area contributed by atoms with Gasteiger partial charge in [-0.1, -0.05) is 60.7 Å². The number of rotatable bonds is 7. The second kappa shape index (κ2) is 9.48. The summed E-state index contributed by atoms with van der Waals surface area (Å²) in [6.45, 7) is 1.78. The molecule has 0 aliphatic heterocycles. The lowest BCUT2D eigenvalue weighted by molar-refractivity contribution is 0.182. The van der Waals surface area contributed by atoms with Gasteiger partial charge >= 0.3 is 0 Å². The molecule has 0 fully saturated rings. The summed E-state index contributed by atoms with van der Waals surface area (Å²) >= 11 is 0. The molecule has 0 aromatic heterocycles. The van der Waals surface area contributed by atoms with Crippen LogP contribution in [0.5, 0.6) is 5.75 Å². The third-order valence-corrected chi connectivity index (χ3v) is 4.79. The largest absolute Gasteiger partial charge is 0.508 e. The maximum absolute atomic E-state index is 14.7. The lowest BCUT2D eigenvalue weighted by Crippen LogP contribution is -1.97. The highest BCUT2D eigenvalue weighted by atomic mass is 19.2. The first-order chi connectivity index (χ1) is 14.0. The number of aromatic hydroxyl groups is 1. The van der Waals surface area contributed by atoms with E-state index >= 15 is 0 Å². The number of benzene rings is 3. The molecule has 0 bridgehead atoms. The molecule has 0 spiro atoms. The summed E-state index contributed by atoms with van der Waals surface area (Å²) in [6.07, 6.45) is 6.32. The molecule has 29 heavy (non-hydrogen) atoms. The summed E-state index contributed by atoms with van der Waals surface area (Å²) in [5, 5.41) is 18.6. The summed E-state index contributed by atoms with van der Waals surface area (Å²) in [4.78, 5) is 0. The van der Waals surface area contributed by atoms with Crippen LogP contribution in [0.2, 0.25) is 0 Å². The summed E-state index contributed by atoms with van der Waals surface area (Å²) < 4.78 is 29.3. The highest BCUT2D eigenvalue weighted by Crippen LogP contribution is 2.32. The molecule has 3 rings (SSSR count). The first-order valence-electron chi connectivity index (χ1n) is 9.68. The molecule has 2 nitrogen and oxygen atoms in total. The molecule has 0 aliphatic rings. The summed E-state index contributed by atoms with van der Waals surface area (Å²) in [5.41, 5.74) is 2.44. The van der Waals surface area contributed by atoms with Crippen molar-refractivity contribution in [2.24, 2.45) is 0 Å². The third kappa shape index (κ3) is 5.30. The fraction of sp³-hybridized carbons (Fsp3) is 0.200. The Morgan fingerprint density at radius 2 is 1.34 bits per heavy atom. The van der Waals surface area contributed by atoms with E-state index in [1.54, 1.807) is 43.3 Å². The number of allylic oxidation sites excluding steroid dienone is 1. The minimum Gasteiger partial charge on any atom is -0.508 e. The van der Waals surface area contributed by atoms with Gasteiger partial charge in [0.1, 0.15) is 5.75 Å². The molecule has 3 aromatic rings. The van der Waals surface area contributed by atoms with E-state index in [0.29, 0.717) is 11.1 Å². The molecular weight excluding hydrogens is 370 g/mol. The van der Waals surface area contributed by atoms with Crippen LogP contribution in [0.4, 0.5) is 8.78 Å². The number of hydrogen-bond donors (Lipinski definition) is 2. The predicted octanol–water partition coefficient (Wildman–Crippen LogP) is 6.57. The summed E-state index contributed by atoms with van der Waals surface area (Å²) in [7, 11) is 0. The molecule has 0 aliphatic carbocycles. The topological polar surface area (TPSA) is 40.5 Å². The van der Waals surface area contributed by atoms with Gasteiger partial charge in [-0.05, 0) is 55.0 Å². The van der Waals surface area contributed by atoms with E-state index in [0.717, 1.165) is 24.8 Å². The van der Waals surface area contributed by atoms with Gasteiger partial charge in [-0.2, -0.15) is 0 Å². The normalized spacial score (nSPS) is 12.4. The molecular formula is C25H24F2O2. The number of halogens is 2. The second-order valence-electron chi connectivity index (χ2n) is 7.14. The number of unbranched alkanes of at least 4 members (excludes halogenated alkanes) is 1. The number of phenolic OH excluding ortho intramolecular Hbond substituents is 1. The zero-order chi connectivity index (χ0) is 20.8. The van der Waals surface area contributed by atoms with Crippen molar-refractivity contribution < 1.29 is 19.0 Å². The van der Waals surface area contributed by atoms with Gasteiger partial charge in [0.2, 0.25) is 0 Å². The summed E-state index contributed by atoms with van der Waals surface area (Å²) in [6, 6.07) is 16.4. The monoisotopic (exact) mass is 394 g/mol. The van der Waals surface area contributed by atoms with E-state index in [1.807, 2.05) is 24.3 Å². The zero-order valence-electron chi connectivity index (χ0n) is 16.3. The molecule has 2 N–H and O–H groups in total. The zero-order valence-corrected chi connectivity index (χ0v) is 16.3. The smallest absolute Gasteiger partial charge is 0.167 e. The predicted molar refractivity (Wildman–Crippen MR) is 113 cm³/mol. The van der Waals surface area contributed by atoms with E-state index in [4.69, 9.17) is 0 Å². The highest BCUT2D eigenvalue weighted by Gasteiger charge is 2.15. The van der Waals surface area contributed by atoms with Crippen molar-refractivity contribution in [3.63, 3.8) is 0 Å². The van der Waals surface area contributed by atoms with Crippen LogP contribution in [0.15, 0.2) is 66.7 Å². The van der Waals surface area contributed by atoms with E-state index in [1.165, 1.54) is 12.1 Å². The Morgan fingerprint density at radius 3 is 1.86 bits per heavy atom. The summed E-state index contributed by atoms with van der Waals surface area (Å²) in [5.74, 6) is -1.73. The Kier molecular flexibility index (Phi) is 6.78. The number of phenols is 1. The van der Waals surface area contributed by atoms with Gasteiger partial charge in [-0.25, -0.2) is 8.78 Å². The van der Waals surface area contributed by atoms with Crippen molar-refractivity contribution in [3.8, 4) is 28.0 Å². The molecule has 0 saturated heterocycles. The molecule has 3 aromatic carbocycles. The Bertz CT molecular complexity index is 975. The van der Waals surface area contributed by atoms with Crippen LogP contribution in [0.3, 0.4) is 0 Å². The minimum absolute atomic E-state index is 0.0725. The number of aliphatic hydroxyl groups is 1. The van der Waals surface area contributed by atoms with Gasteiger partial charge in [-0.3, -0.25) is 0 Å². The van der Waals surface area contributed by atoms with E-state index in [2.05, 4.69) is 0 Å². The average molecular weight is 394 g/mol. The maximum atomic E-state index is 14.7. The Labute approximate surface area is 169 Å². The number of aliphatic hydroxyl groups excluding tert-OH is 1. The molecule has 1 atom stereocenters. The van der Waals surface area contributed by atoms with Crippen molar-refractivity contribution in [2.75, 3.05) is 0 Å². The number of hydrogen-bond acceptors (Lipinski definition) is 2. The molecule has 0 amide bonds. The van der Waals surface area contributed by atoms with Crippen molar-refractivity contribution in [2.45, 2.75) is 32.3 Å². The molecule has 150 valence electrons. The van der Waals surface area contributed by atoms with Crippen LogP contribution in [0.25, 0.3) is 28.3 Å². The van der Waals surface area contributed by atoms with Crippen LogP contribution in [0, 0.1) is 11.6 Å². The van der Waals surface area contributed by atoms with Crippen LogP contribution >= 0.6 is 0 Å². The Hall–Kier alpha value is -2.98. The Morgan fingerprint density at radius 1 is 0.828 bits per heavy atom. The molecule has 4 heteroatoms. The van der Waals surface area contributed by atoms with Crippen molar-refractivity contribution in [1.29, 1.82) is 0 Å². The quantitative estimate of drug-likeness (QED) is 0.445. The van der Waals surface area contributed by atoms with Crippen LogP contribution in [0.1, 0.15) is 31.7 Å². The van der Waals surface area contributed by atoms with E-state index in [-0.39, 0.29) is 23.0 Å². The molecule has 0 heterocycles. The third-order valence-electron chi connectivity index (χ3n) is 4.79. The second-order valence-corrected chi connectivity index (χ2v) is 7.14. The molecule has 0 radical (unpaired) electrons. The SMILES string of the molecule is CC(O)CCC/C=C/c1ccc(-c2ccc(-c3ccc(O)cc3)c(F)c2F)cc1. The maximum Gasteiger partial charge on any atom is 0.167 e. The highest BCUT2D eigenvalue weighted by molar-refractivity contribution is 5.72. The van der Waals surface area contributed by atoms with Gasteiger partial charge in [0.05, 0.1) is 6.10 Å². The van der Waals surface area contributed by atoms with Crippen molar-refractivity contribution >= 4 is 6.08 Å². The molecule has 0 saturated carbocycles. The van der Waals surface area contributed by atoms with Gasteiger partial charge in [0.15, 0.2) is 11.6 Å². The van der Waals surface area contributed by atoms with Gasteiger partial charge in [0, 0.05) is 11.1 Å². The van der Waals surface area contributed by atoms with Crippen molar-refractivity contribution in [1.82, 2.24) is 0 Å². The Balaban J connectivity index is 1.76. The fourth-order valence-corrected chi connectivity index (χ4v) is 3.16. The lowest BCUT2D eigenvalue weighted by atomic mass is 9.98. The first-order valence-corrected chi connectivity index (χ1v) is 9.68. The van der Waals surface area contributed by atoms with Gasteiger partial charge in [0.25, 0.3) is 0 Å². The van der Waals surface area contributed by atoms with Crippen LogP contribution < -0.4 is 0 Å². The van der Waals surface area contributed by atoms with Crippen LogP contribution in [-0.4, -0.2) is 16.3 Å². The lowest BCUT2D eigenvalue weighted by Gasteiger charge is -2.10. The fourth-order valence-electron chi connectivity index (χ4n) is 3.16. The minimum atomic E-state index is -0.907. The first kappa shape index (κ1) is 20.7. The molecule has 1 unspecified atom stereocenters. The van der Waals surface area contributed by atoms with E-state index < -0.39 is 11.6 Å². The standard InChI is InChI=1S/C25H24F2O2/c1-17(28)5-3-2-4-6-18-7-9-19(10-8-18)22-15-16-23(25(27)24(22)26)20-11-13-21(29)14-12-20/h4,6-17,28-29H,2-3,5H2,1H3/b6-4+. The van der Waals surface area contributed by atoms with Crippen molar-refractivity contribution in [3.05, 3.63) is 83.9 Å². The average Bonchev–Trinajstić information content (AvgIpc) is 2.71.